The first-order valence-electron chi connectivity index (χ1n) is 23.1. The van der Waals surface area contributed by atoms with Crippen LogP contribution < -0.4 is 4.90 Å². The monoisotopic (exact) mass is 821 g/mol. The van der Waals surface area contributed by atoms with E-state index in [1.807, 2.05) is 6.07 Å². The van der Waals surface area contributed by atoms with Crippen LogP contribution >= 0.6 is 0 Å². The van der Waals surface area contributed by atoms with Crippen LogP contribution in [-0.4, -0.2) is 0 Å². The van der Waals surface area contributed by atoms with Gasteiger partial charge in [0.25, 0.3) is 0 Å². The molecule has 3 atom stereocenters. The summed E-state index contributed by atoms with van der Waals surface area (Å²) in [6, 6.07) is 80.7. The standard InChI is InChI=1S/C62H47NO/c1-3-11-48(12-4-1)62(49-13-5-2-6-14-49)58-17-9-7-15-53(58)56-39-46(29-35-59(56)62)44-27-32-51(33-28-44)63(52-34-36-61-57(40-52)54-16-8-10-18-60(54)64-61)50-30-25-43(26-31-50)42-21-23-45(24-22-42)55-38-41-19-20-47(55)37-41/h1-18,21-36,39-41,47,55H,19-20,37-38H2. The molecule has 13 rings (SSSR count). The third-order valence-corrected chi connectivity index (χ3v) is 15.1. The van der Waals surface area contributed by atoms with Crippen molar-refractivity contribution in [2.24, 2.45) is 11.8 Å². The number of benzene rings is 9. The molecule has 1 aromatic heterocycles. The maximum Gasteiger partial charge on any atom is 0.135 e. The van der Waals surface area contributed by atoms with E-state index < -0.39 is 5.41 Å². The van der Waals surface area contributed by atoms with Crippen molar-refractivity contribution >= 4 is 39.0 Å². The zero-order valence-corrected chi connectivity index (χ0v) is 35.7. The summed E-state index contributed by atoms with van der Waals surface area (Å²) in [5, 5.41) is 2.24. The van der Waals surface area contributed by atoms with Crippen LogP contribution in [0.3, 0.4) is 0 Å². The number of para-hydroxylation sites is 1. The molecule has 10 aromatic rings. The topological polar surface area (TPSA) is 16.4 Å². The van der Waals surface area contributed by atoms with E-state index in [1.54, 1.807) is 0 Å². The molecule has 2 saturated carbocycles. The Kier molecular flexibility index (Phi) is 8.62. The largest absolute Gasteiger partial charge is 0.456 e. The fourth-order valence-corrected chi connectivity index (χ4v) is 12.1. The third-order valence-electron chi connectivity index (χ3n) is 15.1. The number of anilines is 3. The summed E-state index contributed by atoms with van der Waals surface area (Å²) in [6.45, 7) is 0. The lowest BCUT2D eigenvalue weighted by Crippen LogP contribution is -2.28. The summed E-state index contributed by atoms with van der Waals surface area (Å²) in [7, 11) is 0. The van der Waals surface area contributed by atoms with Crippen LogP contribution in [0.15, 0.2) is 223 Å². The summed E-state index contributed by atoms with van der Waals surface area (Å²) in [5.74, 6) is 2.59. The first-order chi connectivity index (χ1) is 31.7. The highest BCUT2D eigenvalue weighted by atomic mass is 16.3. The smallest absolute Gasteiger partial charge is 0.135 e. The molecule has 1 heterocycles. The first-order valence-corrected chi connectivity index (χ1v) is 23.1. The average Bonchev–Trinajstić information content (AvgIpc) is 4.16. The second kappa shape index (κ2) is 14.9. The van der Waals surface area contributed by atoms with E-state index in [1.165, 1.54) is 86.9 Å². The maximum absolute atomic E-state index is 6.28. The Morgan fingerprint density at radius 3 is 1.64 bits per heavy atom. The molecule has 9 aromatic carbocycles. The summed E-state index contributed by atoms with van der Waals surface area (Å²) < 4.78 is 6.28. The van der Waals surface area contributed by atoms with E-state index in [0.29, 0.717) is 0 Å². The van der Waals surface area contributed by atoms with Crippen molar-refractivity contribution < 1.29 is 4.42 Å². The Morgan fingerprint density at radius 1 is 0.406 bits per heavy atom. The fourth-order valence-electron chi connectivity index (χ4n) is 12.1. The van der Waals surface area contributed by atoms with Gasteiger partial charge in [0.2, 0.25) is 0 Å². The van der Waals surface area contributed by atoms with Gasteiger partial charge < -0.3 is 9.32 Å². The van der Waals surface area contributed by atoms with E-state index in [-0.39, 0.29) is 0 Å². The van der Waals surface area contributed by atoms with Crippen LogP contribution in [0.5, 0.6) is 0 Å². The first kappa shape index (κ1) is 37.2. The molecule has 2 bridgehead atoms. The normalized spacial score (nSPS) is 18.0. The molecule has 0 N–H and O–H groups in total. The van der Waals surface area contributed by atoms with Gasteiger partial charge in [-0.15, -0.1) is 0 Å². The number of hydrogen-bond donors (Lipinski definition) is 0. The third kappa shape index (κ3) is 5.86. The molecule has 2 nitrogen and oxygen atoms in total. The Labute approximate surface area is 375 Å². The average molecular weight is 822 g/mol. The molecule has 306 valence electrons. The van der Waals surface area contributed by atoms with Gasteiger partial charge in [-0.2, -0.15) is 0 Å². The van der Waals surface area contributed by atoms with Gasteiger partial charge in [0, 0.05) is 27.8 Å². The predicted molar refractivity (Wildman–Crippen MR) is 265 cm³/mol. The van der Waals surface area contributed by atoms with Gasteiger partial charge in [0.05, 0.1) is 5.41 Å². The van der Waals surface area contributed by atoms with Crippen molar-refractivity contribution in [3.63, 3.8) is 0 Å². The van der Waals surface area contributed by atoms with Gasteiger partial charge >= 0.3 is 0 Å². The van der Waals surface area contributed by atoms with Crippen molar-refractivity contribution in [2.45, 2.75) is 37.0 Å². The minimum atomic E-state index is -0.410. The SMILES string of the molecule is c1ccc(C2(c3ccccc3)c3ccccc3-c3cc(-c4ccc(N(c5ccc(-c6ccc(C7CC8CCC7C8)cc6)cc5)c5ccc6oc7ccccc7c6c5)cc4)ccc32)cc1. The van der Waals surface area contributed by atoms with Gasteiger partial charge in [-0.05, 0) is 153 Å². The molecule has 64 heavy (non-hydrogen) atoms. The molecule has 2 fully saturated rings. The van der Waals surface area contributed by atoms with Crippen molar-refractivity contribution in [2.75, 3.05) is 4.90 Å². The fraction of sp³-hybridized carbons (Fsp3) is 0.129. The van der Waals surface area contributed by atoms with Crippen molar-refractivity contribution in [1.29, 1.82) is 0 Å². The highest BCUT2D eigenvalue weighted by Gasteiger charge is 2.46. The predicted octanol–water partition coefficient (Wildman–Crippen LogP) is 16.7. The number of nitrogens with zero attached hydrogens (tertiary/aromatic N) is 1. The van der Waals surface area contributed by atoms with E-state index >= 15 is 0 Å². The lowest BCUT2D eigenvalue weighted by molar-refractivity contribution is 0.420. The zero-order chi connectivity index (χ0) is 42.2. The van der Waals surface area contributed by atoms with Crippen LogP contribution in [0, 0.1) is 11.8 Å². The van der Waals surface area contributed by atoms with Crippen LogP contribution in [-0.2, 0) is 5.41 Å². The van der Waals surface area contributed by atoms with Crippen molar-refractivity contribution in [3.05, 3.63) is 246 Å². The van der Waals surface area contributed by atoms with Crippen LogP contribution in [0.2, 0.25) is 0 Å². The highest BCUT2D eigenvalue weighted by molar-refractivity contribution is 6.06. The molecular weight excluding hydrogens is 775 g/mol. The number of furan rings is 1. The summed E-state index contributed by atoms with van der Waals surface area (Å²) in [5.41, 5.74) is 18.9. The van der Waals surface area contributed by atoms with Gasteiger partial charge in [-0.1, -0.05) is 170 Å². The van der Waals surface area contributed by atoms with E-state index in [4.69, 9.17) is 4.42 Å². The molecule has 3 unspecified atom stereocenters. The number of hydrogen-bond acceptors (Lipinski definition) is 2. The Morgan fingerprint density at radius 2 is 0.969 bits per heavy atom. The molecule has 0 amide bonds. The Hall–Kier alpha value is -7.42. The summed E-state index contributed by atoms with van der Waals surface area (Å²) in [4.78, 5) is 2.38. The Balaban J connectivity index is 0.879. The second-order valence-corrected chi connectivity index (χ2v) is 18.4. The van der Waals surface area contributed by atoms with Crippen molar-refractivity contribution in [3.8, 4) is 33.4 Å². The molecule has 3 aliphatic carbocycles. The molecule has 0 spiro atoms. The number of rotatable bonds is 8. The summed E-state index contributed by atoms with van der Waals surface area (Å²) >= 11 is 0. The molecule has 2 heteroatoms. The van der Waals surface area contributed by atoms with Gasteiger partial charge in [-0.3, -0.25) is 0 Å². The van der Waals surface area contributed by atoms with Gasteiger partial charge in [0.1, 0.15) is 11.2 Å². The van der Waals surface area contributed by atoms with E-state index in [0.717, 1.165) is 56.8 Å². The minimum Gasteiger partial charge on any atom is -0.456 e. The van der Waals surface area contributed by atoms with Crippen molar-refractivity contribution in [1.82, 2.24) is 0 Å². The lowest BCUT2D eigenvalue weighted by Gasteiger charge is -2.33. The summed E-state index contributed by atoms with van der Waals surface area (Å²) in [6.07, 6.45) is 5.66. The second-order valence-electron chi connectivity index (χ2n) is 18.4. The maximum atomic E-state index is 6.28. The lowest BCUT2D eigenvalue weighted by atomic mass is 9.67. The zero-order valence-electron chi connectivity index (χ0n) is 35.7. The van der Waals surface area contributed by atoms with E-state index in [9.17, 15) is 0 Å². The Bertz CT molecular complexity index is 3290. The van der Waals surface area contributed by atoms with E-state index in [2.05, 4.69) is 217 Å². The number of fused-ring (bicyclic) bond motifs is 8. The molecular formula is C62H47NO. The van der Waals surface area contributed by atoms with Crippen LogP contribution in [0.4, 0.5) is 17.1 Å². The molecule has 0 aliphatic heterocycles. The molecule has 0 radical (unpaired) electrons. The van der Waals surface area contributed by atoms with Gasteiger partial charge in [-0.25, -0.2) is 0 Å². The molecule has 3 aliphatic rings. The minimum absolute atomic E-state index is 0.410. The highest BCUT2D eigenvalue weighted by Crippen LogP contribution is 2.57. The van der Waals surface area contributed by atoms with Crippen LogP contribution in [0.25, 0.3) is 55.3 Å². The quantitative estimate of drug-likeness (QED) is 0.152. The molecule has 0 saturated heterocycles. The van der Waals surface area contributed by atoms with Gasteiger partial charge in [0.15, 0.2) is 0 Å². The van der Waals surface area contributed by atoms with Crippen LogP contribution in [0.1, 0.15) is 59.4 Å².